The summed E-state index contributed by atoms with van der Waals surface area (Å²) in [6.07, 6.45) is 11.1. The second kappa shape index (κ2) is 5.70. The minimum Gasteiger partial charge on any atom is -0.396 e. The summed E-state index contributed by atoms with van der Waals surface area (Å²) in [7, 11) is 0. The molecule has 4 aliphatic carbocycles. The Balaban J connectivity index is 1.71. The minimum atomic E-state index is 0.0689. The first-order valence-corrected chi connectivity index (χ1v) is 10.2. The van der Waals surface area contributed by atoms with Gasteiger partial charge in [0.2, 0.25) is 0 Å². The zero-order valence-corrected chi connectivity index (χ0v) is 15.9. The van der Waals surface area contributed by atoms with Gasteiger partial charge in [-0.15, -0.1) is 0 Å². The van der Waals surface area contributed by atoms with Gasteiger partial charge in [0.1, 0.15) is 0 Å². The molecule has 0 radical (unpaired) electrons. The molecule has 0 saturated heterocycles. The quantitative estimate of drug-likeness (QED) is 0.801. The molecule has 0 aliphatic heterocycles. The molecule has 2 saturated carbocycles. The van der Waals surface area contributed by atoms with Crippen LogP contribution in [0.5, 0.6) is 0 Å². The molecule has 3 nitrogen and oxygen atoms in total. The van der Waals surface area contributed by atoms with Crippen LogP contribution in [0.3, 0.4) is 0 Å². The van der Waals surface area contributed by atoms with Crippen LogP contribution in [0.2, 0.25) is 0 Å². The topological polar surface area (TPSA) is 63.3 Å². The van der Waals surface area contributed by atoms with Gasteiger partial charge in [0, 0.05) is 13.0 Å². The Bertz CT molecular complexity index is 650. The van der Waals surface area contributed by atoms with Crippen molar-refractivity contribution in [2.75, 3.05) is 6.61 Å². The molecule has 3 N–H and O–H groups in total. The van der Waals surface area contributed by atoms with E-state index in [1.807, 2.05) is 0 Å². The zero-order valence-electron chi connectivity index (χ0n) is 15.9. The third kappa shape index (κ3) is 2.24. The molecule has 25 heavy (non-hydrogen) atoms. The van der Waals surface area contributed by atoms with E-state index in [4.69, 9.17) is 5.73 Å². The lowest BCUT2D eigenvalue weighted by Crippen LogP contribution is -2.50. The molecule has 0 amide bonds. The van der Waals surface area contributed by atoms with Crippen LogP contribution in [-0.2, 0) is 4.79 Å². The van der Waals surface area contributed by atoms with Gasteiger partial charge in [0.15, 0.2) is 5.78 Å². The largest absolute Gasteiger partial charge is 0.396 e. The smallest absolute Gasteiger partial charge is 0.178 e. The molecule has 0 spiro atoms. The second-order valence-corrected chi connectivity index (χ2v) is 9.71. The maximum Gasteiger partial charge on any atom is 0.178 e. The van der Waals surface area contributed by atoms with Gasteiger partial charge in [-0.05, 0) is 78.1 Å². The lowest BCUT2D eigenvalue weighted by atomic mass is 9.48. The van der Waals surface area contributed by atoms with Crippen molar-refractivity contribution in [2.45, 2.75) is 59.3 Å². The number of rotatable bonds is 2. The Labute approximate surface area is 151 Å². The third-order valence-electron chi connectivity index (χ3n) is 8.76. The molecular formula is C22H33NO2. The maximum atomic E-state index is 12.1. The van der Waals surface area contributed by atoms with Gasteiger partial charge < -0.3 is 10.8 Å². The highest BCUT2D eigenvalue weighted by atomic mass is 16.3. The van der Waals surface area contributed by atoms with E-state index in [1.54, 1.807) is 0 Å². The van der Waals surface area contributed by atoms with E-state index in [2.05, 4.69) is 32.9 Å². The fourth-order valence-corrected chi connectivity index (χ4v) is 7.28. The summed E-state index contributed by atoms with van der Waals surface area (Å²) >= 11 is 0. The predicted octanol–water partition coefficient (Wildman–Crippen LogP) is 3.83. The van der Waals surface area contributed by atoms with Crippen LogP contribution >= 0.6 is 0 Å². The summed E-state index contributed by atoms with van der Waals surface area (Å²) in [4.78, 5) is 12.1. The molecule has 4 rings (SSSR count). The van der Waals surface area contributed by atoms with Crippen LogP contribution in [0.4, 0.5) is 0 Å². The van der Waals surface area contributed by atoms with Crippen LogP contribution in [-0.4, -0.2) is 17.5 Å². The number of carbonyl (C=O) groups excluding carboxylic acids is 1. The van der Waals surface area contributed by atoms with Gasteiger partial charge in [-0.25, -0.2) is 0 Å². The molecule has 3 heteroatoms. The number of ketones is 1. The highest BCUT2D eigenvalue weighted by Crippen LogP contribution is 2.66. The van der Waals surface area contributed by atoms with Gasteiger partial charge >= 0.3 is 0 Å². The summed E-state index contributed by atoms with van der Waals surface area (Å²) in [5.74, 6) is 3.09. The van der Waals surface area contributed by atoms with Gasteiger partial charge in [0.05, 0.1) is 5.70 Å². The second-order valence-electron chi connectivity index (χ2n) is 9.71. The van der Waals surface area contributed by atoms with Gasteiger partial charge in [0.25, 0.3) is 0 Å². The van der Waals surface area contributed by atoms with Crippen molar-refractivity contribution in [1.29, 1.82) is 0 Å². The number of Topliss-reactive ketones (excluding diaryl/α,β-unsaturated/α-hetero) is 1. The first kappa shape index (κ1) is 17.3. The summed E-state index contributed by atoms with van der Waals surface area (Å²) in [5.41, 5.74) is 8.26. The molecule has 0 heterocycles. The van der Waals surface area contributed by atoms with Crippen molar-refractivity contribution in [3.8, 4) is 0 Å². The molecular weight excluding hydrogens is 310 g/mol. The lowest BCUT2D eigenvalue weighted by Gasteiger charge is -2.56. The van der Waals surface area contributed by atoms with E-state index in [-0.39, 0.29) is 11.2 Å². The molecule has 0 aromatic rings. The normalized spacial score (nSPS) is 47.3. The van der Waals surface area contributed by atoms with Crippen molar-refractivity contribution in [3.63, 3.8) is 0 Å². The molecule has 0 unspecified atom stereocenters. The number of nitrogens with two attached hydrogens (primary N) is 1. The lowest BCUT2D eigenvalue weighted by molar-refractivity contribution is -0.117. The van der Waals surface area contributed by atoms with E-state index in [1.165, 1.54) is 25.7 Å². The van der Waals surface area contributed by atoms with Crippen molar-refractivity contribution >= 4 is 5.78 Å². The Morgan fingerprint density at radius 2 is 2.00 bits per heavy atom. The van der Waals surface area contributed by atoms with Crippen molar-refractivity contribution in [3.05, 3.63) is 23.4 Å². The maximum absolute atomic E-state index is 12.1. The number of allylic oxidation sites excluding steroid dienone is 4. The highest BCUT2D eigenvalue weighted by molar-refractivity contribution is 5.97. The van der Waals surface area contributed by atoms with Crippen LogP contribution in [0.25, 0.3) is 0 Å². The molecule has 0 aromatic heterocycles. The first-order chi connectivity index (χ1) is 11.8. The van der Waals surface area contributed by atoms with Crippen molar-refractivity contribution < 1.29 is 9.90 Å². The number of fused-ring (bicyclic) bond motifs is 5. The molecule has 2 fully saturated rings. The number of aliphatic hydroxyl groups excluding tert-OH is 1. The monoisotopic (exact) mass is 343 g/mol. The Morgan fingerprint density at radius 1 is 1.24 bits per heavy atom. The third-order valence-corrected chi connectivity index (χ3v) is 8.76. The van der Waals surface area contributed by atoms with Gasteiger partial charge in [-0.1, -0.05) is 32.9 Å². The zero-order chi connectivity index (χ0) is 18.0. The van der Waals surface area contributed by atoms with E-state index in [0.29, 0.717) is 53.7 Å². The summed E-state index contributed by atoms with van der Waals surface area (Å²) in [6.45, 7) is 7.36. The Morgan fingerprint density at radius 3 is 2.72 bits per heavy atom. The van der Waals surface area contributed by atoms with Gasteiger partial charge in [-0.2, -0.15) is 0 Å². The van der Waals surface area contributed by atoms with E-state index in [9.17, 15) is 9.90 Å². The number of hydrogen-bond acceptors (Lipinski definition) is 3. The average Bonchev–Trinajstić information content (AvgIpc) is 2.95. The van der Waals surface area contributed by atoms with Gasteiger partial charge in [-0.3, -0.25) is 4.79 Å². The predicted molar refractivity (Wildman–Crippen MR) is 99.5 cm³/mol. The van der Waals surface area contributed by atoms with E-state index >= 15 is 0 Å². The summed E-state index contributed by atoms with van der Waals surface area (Å²) in [5, 5.41) is 9.72. The average molecular weight is 344 g/mol. The van der Waals surface area contributed by atoms with E-state index in [0.717, 1.165) is 12.0 Å². The standard InChI is InChI=1S/C22H33NO2/c1-13(12-24)15-6-7-16-14-4-5-18-20(23)19(25)9-11-22(18,3)17(14)8-10-21(15,16)2/h4-5,13-17,24H,6-12,23H2,1-3H3/t13-,14+,15-,16+,17+,21-,22-/m1/s1. The first-order valence-electron chi connectivity index (χ1n) is 10.2. The Hall–Kier alpha value is -1.09. The number of aliphatic hydroxyl groups is 1. The SMILES string of the molecule is C[C@H](CO)[C@H]1CC[C@H]2[C@@H]3C=CC4=C(N)C(=O)CC[C@]4(C)[C@H]3CC[C@]12C. The van der Waals surface area contributed by atoms with Crippen LogP contribution in [0.15, 0.2) is 23.4 Å². The fraction of sp³-hybridized carbons (Fsp3) is 0.773. The molecule has 0 bridgehead atoms. The molecule has 4 aliphatic rings. The van der Waals surface area contributed by atoms with E-state index < -0.39 is 0 Å². The number of hydrogen-bond donors (Lipinski definition) is 2. The minimum absolute atomic E-state index is 0.0689. The fourth-order valence-electron chi connectivity index (χ4n) is 7.28. The van der Waals surface area contributed by atoms with Crippen LogP contribution < -0.4 is 5.73 Å². The highest BCUT2D eigenvalue weighted by Gasteiger charge is 2.58. The summed E-state index contributed by atoms with van der Waals surface area (Å²) < 4.78 is 0. The molecule has 138 valence electrons. The Kier molecular flexibility index (Phi) is 3.95. The van der Waals surface area contributed by atoms with Crippen molar-refractivity contribution in [2.24, 2.45) is 46.2 Å². The van der Waals surface area contributed by atoms with Crippen LogP contribution in [0.1, 0.15) is 59.3 Å². The van der Waals surface area contributed by atoms with Crippen LogP contribution in [0, 0.1) is 40.4 Å². The van der Waals surface area contributed by atoms with Crippen molar-refractivity contribution in [1.82, 2.24) is 0 Å². The molecule has 7 atom stereocenters. The molecule has 0 aromatic carbocycles. The summed E-state index contributed by atoms with van der Waals surface area (Å²) in [6, 6.07) is 0. The number of carbonyl (C=O) groups is 1.